The predicted octanol–water partition coefficient (Wildman–Crippen LogP) is -3.69. The molecule has 0 unspecified atom stereocenters. The molecule has 29 heavy (non-hydrogen) atoms. The molecule has 0 radical (unpaired) electrons. The van der Waals surface area contributed by atoms with E-state index in [4.69, 9.17) is 0 Å². The van der Waals surface area contributed by atoms with E-state index in [0.29, 0.717) is 0 Å². The van der Waals surface area contributed by atoms with Crippen LogP contribution >= 0.6 is 0 Å². The zero-order valence-corrected chi connectivity index (χ0v) is 22.7. The van der Waals surface area contributed by atoms with Gasteiger partial charge in [0, 0.05) is 0 Å². The molecule has 2 aromatic rings. The second-order valence-corrected chi connectivity index (χ2v) is 10.4. The van der Waals surface area contributed by atoms with Crippen LogP contribution in [0.5, 0.6) is 0 Å². The molecule has 0 spiro atoms. The van der Waals surface area contributed by atoms with E-state index in [9.17, 15) is 0 Å². The molecule has 0 bridgehead atoms. The van der Waals surface area contributed by atoms with Gasteiger partial charge >= 0.3 is 173 Å². The van der Waals surface area contributed by atoms with E-state index < -0.39 is 9.52 Å². The number of hydrogen-bond acceptors (Lipinski definition) is 0. The third-order valence-electron chi connectivity index (χ3n) is 5.23. The van der Waals surface area contributed by atoms with Crippen LogP contribution in [0.2, 0.25) is 0 Å². The first-order chi connectivity index (χ1) is 12.6. The van der Waals surface area contributed by atoms with E-state index in [1.165, 1.54) is 48.8 Å². The molecule has 0 amide bonds. The third-order valence-corrected chi connectivity index (χ3v) is 8.02. The van der Waals surface area contributed by atoms with Gasteiger partial charge in [-0.3, -0.25) is 0 Å². The Bertz CT molecular complexity index is 824. The van der Waals surface area contributed by atoms with Crippen molar-refractivity contribution in [1.82, 2.24) is 0 Å². The Morgan fingerprint density at radius 1 is 0.897 bits per heavy atom. The Labute approximate surface area is 209 Å². The number of aryl methyl sites for hydroxylation is 2. The number of allylic oxidation sites excluding steroid dienone is 4. The molecule has 0 aliphatic heterocycles. The molecule has 0 nitrogen and oxygen atoms in total. The summed E-state index contributed by atoms with van der Waals surface area (Å²) in [7, 11) is -0.423. The van der Waals surface area contributed by atoms with Gasteiger partial charge in [0.2, 0.25) is 0 Å². The van der Waals surface area contributed by atoms with Crippen molar-refractivity contribution >= 4 is 20.3 Å². The first-order valence-electron chi connectivity index (χ1n) is 9.87. The number of unbranched alkanes of at least 4 members (excludes halogenated alkanes) is 2. The standard InChI is InChI=1S/C24H29Si.3ClH.Ti/c1-4-5-7-10-20-16-23(21-11-8-6-9-12-21)24(17-20)25-22-14-18(2)13-19(3)15-22;;;;/h6,8-9,11-15H,4-5,7,10,17,25H2,1-3H3;3*1H;/q;;;;+3/p-3. The molecule has 0 saturated heterocycles. The number of halogens is 3. The fourth-order valence-electron chi connectivity index (χ4n) is 4.11. The van der Waals surface area contributed by atoms with E-state index in [1.54, 1.807) is 25.4 Å². The van der Waals surface area contributed by atoms with Gasteiger partial charge in [-0.05, 0) is 0 Å². The SMILES string of the molecule is CCCCCC1=[C]([Ti+3])C(c2ccccc2)=C([SiH2]c2cc(C)cc(C)c2)C1.[Cl-].[Cl-].[Cl-]. The summed E-state index contributed by atoms with van der Waals surface area (Å²) in [5, 5.41) is 3.33. The first kappa shape index (κ1) is 28.7. The topological polar surface area (TPSA) is 0 Å². The minimum absolute atomic E-state index is 0. The second kappa shape index (κ2) is 13.9. The maximum atomic E-state index is 2.42. The van der Waals surface area contributed by atoms with E-state index in [1.807, 2.05) is 0 Å². The molecule has 0 heterocycles. The molecular formula is C24H29Cl3SiTi. The Morgan fingerprint density at radius 2 is 1.52 bits per heavy atom. The van der Waals surface area contributed by atoms with Gasteiger partial charge in [0.15, 0.2) is 0 Å². The van der Waals surface area contributed by atoms with Crippen LogP contribution in [0.4, 0.5) is 0 Å². The Hall–Kier alpha value is -0.279. The number of benzene rings is 2. The molecule has 2 aromatic carbocycles. The molecule has 1 aliphatic carbocycles. The fraction of sp³-hybridized carbons (Fsp3) is 0.333. The second-order valence-electron chi connectivity index (χ2n) is 7.63. The Balaban J connectivity index is 0.00000261. The average Bonchev–Trinajstić information content (AvgIpc) is 2.90. The number of rotatable bonds is 7. The van der Waals surface area contributed by atoms with Crippen LogP contribution in [0.3, 0.4) is 0 Å². The minimum Gasteiger partial charge on any atom is -1.00 e. The van der Waals surface area contributed by atoms with Crippen molar-refractivity contribution in [3.63, 3.8) is 0 Å². The van der Waals surface area contributed by atoms with Crippen LogP contribution in [0.15, 0.2) is 63.2 Å². The maximum Gasteiger partial charge on any atom is -1.00 e. The zero-order valence-electron chi connectivity index (χ0n) is 17.5. The molecule has 3 rings (SSSR count). The van der Waals surface area contributed by atoms with Crippen molar-refractivity contribution < 1.29 is 57.7 Å². The molecule has 1 aliphatic rings. The minimum atomic E-state index is -0.423. The van der Waals surface area contributed by atoms with Crippen LogP contribution in [0, 0.1) is 13.8 Å². The Morgan fingerprint density at radius 3 is 2.10 bits per heavy atom. The van der Waals surface area contributed by atoms with Crippen molar-refractivity contribution in [3.05, 3.63) is 79.9 Å². The van der Waals surface area contributed by atoms with Gasteiger partial charge in [0.05, 0.1) is 0 Å². The molecule has 0 fully saturated rings. The molecule has 0 saturated carbocycles. The van der Waals surface area contributed by atoms with Gasteiger partial charge in [0.1, 0.15) is 0 Å². The van der Waals surface area contributed by atoms with Gasteiger partial charge in [-0.15, -0.1) is 0 Å². The van der Waals surface area contributed by atoms with Crippen LogP contribution in [0.25, 0.3) is 5.57 Å². The summed E-state index contributed by atoms with van der Waals surface area (Å²) in [6, 6.07) is 18.2. The van der Waals surface area contributed by atoms with Gasteiger partial charge in [0.25, 0.3) is 0 Å². The molecular weight excluding hydrogens is 471 g/mol. The van der Waals surface area contributed by atoms with E-state index in [0.717, 1.165) is 0 Å². The molecule has 0 atom stereocenters. The van der Waals surface area contributed by atoms with Crippen LogP contribution in [0.1, 0.15) is 55.7 Å². The summed E-state index contributed by atoms with van der Waals surface area (Å²) in [6.45, 7) is 6.75. The fourth-order valence-corrected chi connectivity index (χ4v) is 7.55. The van der Waals surface area contributed by atoms with Gasteiger partial charge in [-0.2, -0.15) is 0 Å². The van der Waals surface area contributed by atoms with Crippen molar-refractivity contribution in [2.75, 3.05) is 0 Å². The summed E-state index contributed by atoms with van der Waals surface area (Å²) in [4.78, 5) is 0. The van der Waals surface area contributed by atoms with Crippen molar-refractivity contribution in [2.45, 2.75) is 52.9 Å². The smallest absolute Gasteiger partial charge is 1.00 e. The van der Waals surface area contributed by atoms with Crippen molar-refractivity contribution in [1.29, 1.82) is 0 Å². The van der Waals surface area contributed by atoms with E-state index in [-0.39, 0.29) is 37.2 Å². The van der Waals surface area contributed by atoms with Gasteiger partial charge in [-0.25, -0.2) is 0 Å². The van der Waals surface area contributed by atoms with Crippen LogP contribution in [-0.4, -0.2) is 9.52 Å². The average molecular weight is 500 g/mol. The molecule has 0 N–H and O–H groups in total. The molecule has 5 heteroatoms. The van der Waals surface area contributed by atoms with Crippen LogP contribution in [-0.2, 0) is 20.4 Å². The summed E-state index contributed by atoms with van der Waals surface area (Å²) >= 11 is 2.37. The first-order valence-corrected chi connectivity index (χ1v) is 12.1. The van der Waals surface area contributed by atoms with E-state index >= 15 is 0 Å². The van der Waals surface area contributed by atoms with Gasteiger partial charge < -0.3 is 37.2 Å². The Kier molecular flexibility index (Phi) is 13.8. The summed E-state index contributed by atoms with van der Waals surface area (Å²) in [6.07, 6.45) is 6.49. The monoisotopic (exact) mass is 498 g/mol. The third kappa shape index (κ3) is 7.73. The maximum absolute atomic E-state index is 2.42. The zero-order chi connectivity index (χ0) is 18.5. The summed E-state index contributed by atoms with van der Waals surface area (Å²) in [5.41, 5.74) is 7.50. The van der Waals surface area contributed by atoms with Gasteiger partial charge in [-0.1, -0.05) is 0 Å². The summed E-state index contributed by atoms with van der Waals surface area (Å²) < 4.78 is 1.57. The quantitative estimate of drug-likeness (QED) is 0.272. The van der Waals surface area contributed by atoms with Crippen molar-refractivity contribution in [3.8, 4) is 0 Å². The number of hydrogen-bond donors (Lipinski definition) is 0. The summed E-state index contributed by atoms with van der Waals surface area (Å²) in [5.74, 6) is 0. The van der Waals surface area contributed by atoms with Crippen LogP contribution < -0.4 is 42.4 Å². The van der Waals surface area contributed by atoms with E-state index in [2.05, 4.69) is 89.7 Å². The normalized spacial score (nSPS) is 13.4. The molecule has 154 valence electrons. The van der Waals surface area contributed by atoms with Crippen molar-refractivity contribution in [2.24, 2.45) is 0 Å². The molecule has 0 aromatic heterocycles. The largest absolute Gasteiger partial charge is 1.00 e. The predicted molar refractivity (Wildman–Crippen MR) is 113 cm³/mol.